The summed E-state index contributed by atoms with van der Waals surface area (Å²) < 4.78 is 22.9. The molecule has 1 aromatic carbocycles. The minimum atomic E-state index is -2.94. The fraction of sp³-hybridized carbons (Fsp3) is 0.529. The molecule has 0 spiro atoms. The zero-order valence-corrected chi connectivity index (χ0v) is 13.9. The third kappa shape index (κ3) is 4.19. The number of amides is 1. The average Bonchev–Trinajstić information content (AvgIpc) is 2.74. The van der Waals surface area contributed by atoms with Crippen LogP contribution in [0.1, 0.15) is 43.2 Å². The lowest BCUT2D eigenvalue weighted by atomic mass is 10.0. The highest BCUT2D eigenvalue weighted by molar-refractivity contribution is 7.91. The van der Waals surface area contributed by atoms with Gasteiger partial charge in [0.05, 0.1) is 17.2 Å². The minimum Gasteiger partial charge on any atom is -0.273 e. The molecular weight excluding hydrogens is 312 g/mol. The molecular formula is C17H22N2O3S. The van der Waals surface area contributed by atoms with Gasteiger partial charge in [0.25, 0.3) is 0 Å². The highest BCUT2D eigenvalue weighted by Gasteiger charge is 2.29. The molecule has 0 aromatic heterocycles. The van der Waals surface area contributed by atoms with Gasteiger partial charge >= 0.3 is 0 Å². The molecule has 3 rings (SSSR count). The molecule has 1 atom stereocenters. The van der Waals surface area contributed by atoms with Crippen LogP contribution >= 0.6 is 0 Å². The molecule has 124 valence electrons. The van der Waals surface area contributed by atoms with Crippen molar-refractivity contribution < 1.29 is 13.2 Å². The molecule has 1 saturated heterocycles. The molecule has 0 bridgehead atoms. The lowest BCUT2D eigenvalue weighted by Crippen LogP contribution is -2.23. The van der Waals surface area contributed by atoms with Gasteiger partial charge in [0.1, 0.15) is 0 Å². The Bertz CT molecular complexity index is 725. The van der Waals surface area contributed by atoms with Gasteiger partial charge in [-0.2, -0.15) is 5.10 Å². The van der Waals surface area contributed by atoms with E-state index in [0.717, 1.165) is 37.0 Å². The number of hydrogen-bond acceptors (Lipinski definition) is 4. The van der Waals surface area contributed by atoms with Gasteiger partial charge in [-0.1, -0.05) is 24.3 Å². The first-order valence-electron chi connectivity index (χ1n) is 8.17. The van der Waals surface area contributed by atoms with Gasteiger partial charge in [0.2, 0.25) is 5.91 Å². The Morgan fingerprint density at radius 2 is 2.00 bits per heavy atom. The molecule has 1 aliphatic carbocycles. The quantitative estimate of drug-likeness (QED) is 0.679. The molecule has 6 heteroatoms. The Hall–Kier alpha value is -1.69. The van der Waals surface area contributed by atoms with Crippen molar-refractivity contribution in [3.8, 4) is 0 Å². The van der Waals surface area contributed by atoms with Crippen LogP contribution in [-0.4, -0.2) is 31.5 Å². The lowest BCUT2D eigenvalue weighted by Gasteiger charge is -2.09. The van der Waals surface area contributed by atoms with Crippen LogP contribution in [-0.2, 0) is 21.1 Å². The van der Waals surface area contributed by atoms with Crippen molar-refractivity contribution in [2.24, 2.45) is 11.0 Å². The summed E-state index contributed by atoms with van der Waals surface area (Å²) in [7, 11) is -2.94. The highest BCUT2D eigenvalue weighted by Crippen LogP contribution is 2.22. The summed E-state index contributed by atoms with van der Waals surface area (Å²) in [4.78, 5) is 12.0. The lowest BCUT2D eigenvalue weighted by molar-refractivity contribution is -0.121. The predicted molar refractivity (Wildman–Crippen MR) is 90.1 cm³/mol. The molecule has 5 nitrogen and oxygen atoms in total. The van der Waals surface area contributed by atoms with E-state index in [1.54, 1.807) is 0 Å². The SMILES string of the molecule is O=C(C[C@@H]1CCS(=O)(=O)C1)N/N=C1/CCCCc2ccccc21. The number of hydrogen-bond donors (Lipinski definition) is 1. The van der Waals surface area contributed by atoms with Crippen LogP contribution in [0.15, 0.2) is 29.4 Å². The van der Waals surface area contributed by atoms with Crippen LogP contribution in [0.25, 0.3) is 0 Å². The fourth-order valence-corrected chi connectivity index (χ4v) is 5.21. The van der Waals surface area contributed by atoms with Gasteiger partial charge < -0.3 is 0 Å². The van der Waals surface area contributed by atoms with Crippen molar-refractivity contribution in [1.82, 2.24) is 5.43 Å². The summed E-state index contributed by atoms with van der Waals surface area (Å²) in [5.41, 5.74) is 5.95. The molecule has 0 radical (unpaired) electrons. The van der Waals surface area contributed by atoms with Gasteiger partial charge in [-0.15, -0.1) is 0 Å². The Morgan fingerprint density at radius 3 is 2.78 bits per heavy atom. The molecule has 1 N–H and O–H groups in total. The number of carbonyl (C=O) groups is 1. The molecule has 1 heterocycles. The monoisotopic (exact) mass is 334 g/mol. The number of nitrogens with one attached hydrogen (secondary N) is 1. The maximum atomic E-state index is 12.0. The van der Waals surface area contributed by atoms with Crippen molar-refractivity contribution in [3.63, 3.8) is 0 Å². The van der Waals surface area contributed by atoms with E-state index in [9.17, 15) is 13.2 Å². The molecule has 1 aromatic rings. The van der Waals surface area contributed by atoms with E-state index in [1.165, 1.54) is 5.56 Å². The van der Waals surface area contributed by atoms with E-state index in [0.29, 0.717) is 6.42 Å². The van der Waals surface area contributed by atoms with Gasteiger partial charge in [0.15, 0.2) is 9.84 Å². The Kier molecular flexibility index (Phi) is 4.80. The Morgan fingerprint density at radius 1 is 1.22 bits per heavy atom. The van der Waals surface area contributed by atoms with E-state index < -0.39 is 9.84 Å². The van der Waals surface area contributed by atoms with E-state index in [2.05, 4.69) is 22.7 Å². The maximum Gasteiger partial charge on any atom is 0.240 e. The summed E-state index contributed by atoms with van der Waals surface area (Å²) in [6, 6.07) is 8.18. The first kappa shape index (κ1) is 16.2. The maximum absolute atomic E-state index is 12.0. The van der Waals surface area contributed by atoms with Crippen LogP contribution in [0, 0.1) is 5.92 Å². The molecule has 0 saturated carbocycles. The van der Waals surface area contributed by atoms with E-state index in [-0.39, 0.29) is 29.8 Å². The largest absolute Gasteiger partial charge is 0.273 e. The number of hydrazone groups is 1. The van der Waals surface area contributed by atoms with E-state index in [4.69, 9.17) is 0 Å². The first-order valence-corrected chi connectivity index (χ1v) is 10.00. The van der Waals surface area contributed by atoms with Crippen LogP contribution in [0.2, 0.25) is 0 Å². The number of fused-ring (bicyclic) bond motifs is 1. The van der Waals surface area contributed by atoms with Gasteiger partial charge in [0, 0.05) is 12.0 Å². The summed E-state index contributed by atoms with van der Waals surface area (Å²) in [5.74, 6) is 0.0649. The summed E-state index contributed by atoms with van der Waals surface area (Å²) in [6.45, 7) is 0. The van der Waals surface area contributed by atoms with Gasteiger partial charge in [-0.05, 0) is 43.6 Å². The molecule has 0 unspecified atom stereocenters. The summed E-state index contributed by atoms with van der Waals surface area (Å²) in [6.07, 6.45) is 4.90. The second-order valence-corrected chi connectivity index (χ2v) is 8.66. The Balaban J connectivity index is 1.64. The van der Waals surface area contributed by atoms with Crippen molar-refractivity contribution in [3.05, 3.63) is 35.4 Å². The topological polar surface area (TPSA) is 75.6 Å². The minimum absolute atomic E-state index is 0.0679. The van der Waals surface area contributed by atoms with Crippen molar-refractivity contribution in [2.75, 3.05) is 11.5 Å². The second kappa shape index (κ2) is 6.83. The molecule has 1 amide bonds. The highest BCUT2D eigenvalue weighted by atomic mass is 32.2. The van der Waals surface area contributed by atoms with Crippen molar-refractivity contribution in [1.29, 1.82) is 0 Å². The van der Waals surface area contributed by atoms with E-state index >= 15 is 0 Å². The predicted octanol–water partition coefficient (Wildman–Crippen LogP) is 2.06. The van der Waals surface area contributed by atoms with Crippen LogP contribution in [0.5, 0.6) is 0 Å². The van der Waals surface area contributed by atoms with Crippen molar-refractivity contribution >= 4 is 21.5 Å². The zero-order valence-electron chi connectivity index (χ0n) is 13.1. The van der Waals surface area contributed by atoms with Gasteiger partial charge in [-0.25, -0.2) is 13.8 Å². The molecule has 1 fully saturated rings. The molecule has 23 heavy (non-hydrogen) atoms. The van der Waals surface area contributed by atoms with Crippen LogP contribution in [0.4, 0.5) is 0 Å². The summed E-state index contributed by atoms with van der Waals surface area (Å²) in [5, 5.41) is 4.33. The number of rotatable bonds is 3. The number of sulfone groups is 1. The third-order valence-corrected chi connectivity index (χ3v) is 6.39. The zero-order chi connectivity index (χ0) is 16.3. The second-order valence-electron chi connectivity index (χ2n) is 6.43. The standard InChI is InChI=1S/C17H22N2O3S/c20-17(11-13-9-10-23(21,22)12-13)19-18-16-8-4-2-6-14-5-1-3-7-15(14)16/h1,3,5,7,13H,2,4,6,8-12H2,(H,19,20)/b18-16-/t13-/m0/s1. The Labute approximate surface area is 137 Å². The normalized spacial score (nSPS) is 24.9. The fourth-order valence-electron chi connectivity index (χ4n) is 3.35. The first-order chi connectivity index (χ1) is 11.0. The molecule has 1 aliphatic heterocycles. The molecule has 2 aliphatic rings. The number of carbonyl (C=O) groups excluding carboxylic acids is 1. The number of benzene rings is 1. The van der Waals surface area contributed by atoms with Crippen LogP contribution in [0.3, 0.4) is 0 Å². The smallest absolute Gasteiger partial charge is 0.240 e. The number of aryl methyl sites for hydroxylation is 1. The van der Waals surface area contributed by atoms with Gasteiger partial charge in [-0.3, -0.25) is 4.79 Å². The van der Waals surface area contributed by atoms with Crippen LogP contribution < -0.4 is 5.43 Å². The van der Waals surface area contributed by atoms with E-state index in [1.807, 2.05) is 12.1 Å². The van der Waals surface area contributed by atoms with Crippen molar-refractivity contribution in [2.45, 2.75) is 38.5 Å². The summed E-state index contributed by atoms with van der Waals surface area (Å²) >= 11 is 0. The third-order valence-electron chi connectivity index (χ3n) is 4.55. The average molecular weight is 334 g/mol. The number of nitrogens with zero attached hydrogens (tertiary/aromatic N) is 1.